The van der Waals surface area contributed by atoms with Gasteiger partial charge in [0.1, 0.15) is 5.75 Å². The number of anilines is 1. The molecule has 0 bridgehead atoms. The van der Waals surface area contributed by atoms with E-state index in [1.807, 2.05) is 61.5 Å². The first kappa shape index (κ1) is 19.9. The van der Waals surface area contributed by atoms with Gasteiger partial charge in [0.25, 0.3) is 0 Å². The minimum Gasteiger partial charge on any atom is -0.455 e. The van der Waals surface area contributed by atoms with Crippen molar-refractivity contribution in [3.05, 3.63) is 54.6 Å². The molecule has 0 spiro atoms. The normalized spacial score (nSPS) is 18.9. The fraction of sp³-hybridized carbons (Fsp3) is 0.391. The van der Waals surface area contributed by atoms with Crippen LogP contribution in [0.3, 0.4) is 0 Å². The molecule has 28 heavy (non-hydrogen) atoms. The second kappa shape index (κ2) is 9.93. The van der Waals surface area contributed by atoms with Gasteiger partial charge in [0.2, 0.25) is 11.8 Å². The molecular formula is C23H28N2O3. The first-order valence-electron chi connectivity index (χ1n) is 10.1. The predicted molar refractivity (Wildman–Crippen MR) is 110 cm³/mol. The maximum Gasteiger partial charge on any atom is 0.227 e. The summed E-state index contributed by atoms with van der Waals surface area (Å²) in [6.45, 7) is 2.76. The summed E-state index contributed by atoms with van der Waals surface area (Å²) in [6, 6.07) is 17.0. The predicted octanol–water partition coefficient (Wildman–Crippen LogP) is 4.75. The molecule has 3 rings (SSSR count). The third kappa shape index (κ3) is 5.35. The van der Waals surface area contributed by atoms with Crippen LogP contribution in [-0.2, 0) is 9.59 Å². The van der Waals surface area contributed by atoms with Crippen LogP contribution in [0.4, 0.5) is 5.69 Å². The van der Waals surface area contributed by atoms with E-state index < -0.39 is 0 Å². The van der Waals surface area contributed by atoms with E-state index in [4.69, 9.17) is 4.74 Å². The molecule has 1 fully saturated rings. The SMILES string of the molecule is CCCNC(=O)C1CCC(C(=O)Nc2ccccc2Oc2ccccc2)CC1. The van der Waals surface area contributed by atoms with E-state index >= 15 is 0 Å². The molecule has 1 aliphatic carbocycles. The highest BCUT2D eigenvalue weighted by Crippen LogP contribution is 2.33. The zero-order valence-corrected chi connectivity index (χ0v) is 16.3. The van der Waals surface area contributed by atoms with Crippen molar-refractivity contribution >= 4 is 17.5 Å². The Balaban J connectivity index is 1.56. The Morgan fingerprint density at radius 3 is 2.18 bits per heavy atom. The van der Waals surface area contributed by atoms with Crippen LogP contribution in [0.2, 0.25) is 0 Å². The molecule has 2 N–H and O–H groups in total. The Kier molecular flexibility index (Phi) is 7.06. The fourth-order valence-electron chi connectivity index (χ4n) is 3.52. The molecule has 0 atom stereocenters. The van der Waals surface area contributed by atoms with E-state index in [0.29, 0.717) is 11.4 Å². The monoisotopic (exact) mass is 380 g/mol. The number of para-hydroxylation sites is 3. The fourth-order valence-corrected chi connectivity index (χ4v) is 3.52. The molecule has 148 valence electrons. The van der Waals surface area contributed by atoms with Crippen LogP contribution < -0.4 is 15.4 Å². The highest BCUT2D eigenvalue weighted by atomic mass is 16.5. The van der Waals surface area contributed by atoms with E-state index in [0.717, 1.165) is 44.4 Å². The second-order valence-electron chi connectivity index (χ2n) is 7.24. The highest BCUT2D eigenvalue weighted by Gasteiger charge is 2.30. The van der Waals surface area contributed by atoms with Gasteiger partial charge >= 0.3 is 0 Å². The summed E-state index contributed by atoms with van der Waals surface area (Å²) in [4.78, 5) is 24.9. The zero-order valence-electron chi connectivity index (χ0n) is 16.3. The number of rotatable bonds is 7. The Morgan fingerprint density at radius 2 is 1.50 bits per heavy atom. The van der Waals surface area contributed by atoms with Crippen LogP contribution in [0.25, 0.3) is 0 Å². The maximum atomic E-state index is 12.8. The van der Waals surface area contributed by atoms with E-state index in [2.05, 4.69) is 10.6 Å². The first-order chi connectivity index (χ1) is 13.7. The lowest BCUT2D eigenvalue weighted by molar-refractivity contribution is -0.128. The van der Waals surface area contributed by atoms with Gasteiger partial charge in [-0.3, -0.25) is 9.59 Å². The Hall–Kier alpha value is -2.82. The Bertz CT molecular complexity index is 783. The molecule has 0 aliphatic heterocycles. The van der Waals surface area contributed by atoms with Gasteiger partial charge in [-0.15, -0.1) is 0 Å². The summed E-state index contributed by atoms with van der Waals surface area (Å²) in [5.74, 6) is 1.43. The molecule has 2 amide bonds. The summed E-state index contributed by atoms with van der Waals surface area (Å²) >= 11 is 0. The lowest BCUT2D eigenvalue weighted by Crippen LogP contribution is -2.35. The van der Waals surface area contributed by atoms with Crippen LogP contribution >= 0.6 is 0 Å². The van der Waals surface area contributed by atoms with Gasteiger partial charge in [-0.2, -0.15) is 0 Å². The number of hydrogen-bond acceptors (Lipinski definition) is 3. The Labute approximate surface area is 166 Å². The number of carbonyl (C=O) groups is 2. The van der Waals surface area contributed by atoms with Crippen LogP contribution in [0.1, 0.15) is 39.0 Å². The zero-order chi connectivity index (χ0) is 19.8. The molecule has 0 saturated heterocycles. The molecule has 0 unspecified atom stereocenters. The smallest absolute Gasteiger partial charge is 0.227 e. The summed E-state index contributed by atoms with van der Waals surface area (Å²) in [5.41, 5.74) is 0.666. The van der Waals surface area contributed by atoms with E-state index in [1.54, 1.807) is 0 Å². The quantitative estimate of drug-likeness (QED) is 0.728. The number of benzene rings is 2. The van der Waals surface area contributed by atoms with Gasteiger partial charge in [-0.1, -0.05) is 37.3 Å². The molecule has 1 saturated carbocycles. The van der Waals surface area contributed by atoms with Crippen molar-refractivity contribution in [2.24, 2.45) is 11.8 Å². The minimum absolute atomic E-state index is 0.00321. The maximum absolute atomic E-state index is 12.8. The highest BCUT2D eigenvalue weighted by molar-refractivity contribution is 5.94. The average Bonchev–Trinajstić information content (AvgIpc) is 2.74. The van der Waals surface area contributed by atoms with Gasteiger partial charge in [-0.05, 0) is 56.4 Å². The van der Waals surface area contributed by atoms with Crippen LogP contribution in [0, 0.1) is 11.8 Å². The van der Waals surface area contributed by atoms with E-state index in [9.17, 15) is 9.59 Å². The molecule has 5 nitrogen and oxygen atoms in total. The molecule has 0 radical (unpaired) electrons. The topological polar surface area (TPSA) is 67.4 Å². The molecule has 1 aliphatic rings. The molecule has 5 heteroatoms. The average molecular weight is 380 g/mol. The number of ether oxygens (including phenoxy) is 1. The minimum atomic E-state index is -0.0694. The van der Waals surface area contributed by atoms with Crippen LogP contribution in [0.5, 0.6) is 11.5 Å². The molecule has 2 aromatic rings. The number of hydrogen-bond donors (Lipinski definition) is 2. The van der Waals surface area contributed by atoms with Gasteiger partial charge in [0.15, 0.2) is 5.75 Å². The van der Waals surface area contributed by atoms with Crippen molar-refractivity contribution in [1.82, 2.24) is 5.32 Å². The van der Waals surface area contributed by atoms with Crippen LogP contribution in [-0.4, -0.2) is 18.4 Å². The van der Waals surface area contributed by atoms with Gasteiger partial charge in [0, 0.05) is 18.4 Å². The van der Waals surface area contributed by atoms with Crippen molar-refractivity contribution in [3.63, 3.8) is 0 Å². The number of carbonyl (C=O) groups excluding carboxylic acids is 2. The van der Waals surface area contributed by atoms with Crippen LogP contribution in [0.15, 0.2) is 54.6 Å². The lowest BCUT2D eigenvalue weighted by atomic mass is 9.81. The van der Waals surface area contributed by atoms with Crippen molar-refractivity contribution in [3.8, 4) is 11.5 Å². The molecule has 0 aromatic heterocycles. The first-order valence-corrected chi connectivity index (χ1v) is 10.1. The van der Waals surface area contributed by atoms with Gasteiger partial charge in [0.05, 0.1) is 5.69 Å². The number of amides is 2. The second-order valence-corrected chi connectivity index (χ2v) is 7.24. The Morgan fingerprint density at radius 1 is 0.893 bits per heavy atom. The lowest BCUT2D eigenvalue weighted by Gasteiger charge is -2.27. The van der Waals surface area contributed by atoms with Crippen molar-refractivity contribution in [2.45, 2.75) is 39.0 Å². The summed E-state index contributed by atoms with van der Waals surface area (Å²) < 4.78 is 5.92. The van der Waals surface area contributed by atoms with E-state index in [1.165, 1.54) is 0 Å². The van der Waals surface area contributed by atoms with E-state index in [-0.39, 0.29) is 23.7 Å². The van der Waals surface area contributed by atoms with Crippen molar-refractivity contribution in [2.75, 3.05) is 11.9 Å². The number of nitrogens with one attached hydrogen (secondary N) is 2. The largest absolute Gasteiger partial charge is 0.455 e. The van der Waals surface area contributed by atoms with Crippen molar-refractivity contribution in [1.29, 1.82) is 0 Å². The molecular weight excluding hydrogens is 352 g/mol. The third-order valence-corrected chi connectivity index (χ3v) is 5.13. The standard InChI is InChI=1S/C23H28N2O3/c1-2-16-24-22(26)17-12-14-18(15-13-17)23(27)25-20-10-6-7-11-21(20)28-19-8-4-3-5-9-19/h3-11,17-18H,2,12-16H2,1H3,(H,24,26)(H,25,27). The summed E-state index contributed by atoms with van der Waals surface area (Å²) in [6.07, 6.45) is 3.93. The summed E-state index contributed by atoms with van der Waals surface area (Å²) in [7, 11) is 0. The molecule has 0 heterocycles. The van der Waals surface area contributed by atoms with Crippen molar-refractivity contribution < 1.29 is 14.3 Å². The molecule has 2 aromatic carbocycles. The third-order valence-electron chi connectivity index (χ3n) is 5.13. The van der Waals surface area contributed by atoms with Gasteiger partial charge in [-0.25, -0.2) is 0 Å². The summed E-state index contributed by atoms with van der Waals surface area (Å²) in [5, 5.41) is 5.97. The van der Waals surface area contributed by atoms with Gasteiger partial charge < -0.3 is 15.4 Å².